The molecule has 0 heterocycles. The zero-order valence-corrected chi connectivity index (χ0v) is 14.3. The van der Waals surface area contributed by atoms with Gasteiger partial charge in [-0.05, 0) is 39.0 Å². The highest BCUT2D eigenvalue weighted by Gasteiger charge is 2.22. The maximum atomic E-state index is 12.9. The molecule has 0 saturated carbocycles. The Balaban J connectivity index is 2.51. The zero-order valence-electron chi connectivity index (χ0n) is 14.3. The molecule has 0 spiro atoms. The van der Waals surface area contributed by atoms with Crippen LogP contribution >= 0.6 is 0 Å². The maximum Gasteiger partial charge on any atom is 0.405 e. The van der Waals surface area contributed by atoms with Crippen molar-refractivity contribution in [3.8, 4) is 0 Å². The lowest BCUT2D eigenvalue weighted by Crippen LogP contribution is -2.42. The van der Waals surface area contributed by atoms with Crippen molar-refractivity contribution in [2.24, 2.45) is 5.92 Å². The summed E-state index contributed by atoms with van der Waals surface area (Å²) in [6.07, 6.45) is -1.55. The first-order valence-corrected chi connectivity index (χ1v) is 8.04. The number of carbonyl (C=O) groups is 2. The zero-order chi connectivity index (χ0) is 18.3. The third-order valence-corrected chi connectivity index (χ3v) is 4.07. The maximum absolute atomic E-state index is 12.9. The second kappa shape index (κ2) is 8.76. The summed E-state index contributed by atoms with van der Waals surface area (Å²) in [5.74, 6) is -0.0804. The Morgan fingerprint density at radius 2 is 1.83 bits per heavy atom. The molecule has 1 aromatic carbocycles. The van der Waals surface area contributed by atoms with Crippen molar-refractivity contribution in [1.82, 2.24) is 5.32 Å². The van der Waals surface area contributed by atoms with Crippen molar-refractivity contribution < 1.29 is 23.5 Å². The van der Waals surface area contributed by atoms with Crippen molar-refractivity contribution in [3.63, 3.8) is 0 Å². The molecule has 0 aliphatic heterocycles. The van der Waals surface area contributed by atoms with Crippen LogP contribution in [0.5, 0.6) is 0 Å². The molecule has 0 saturated heterocycles. The monoisotopic (exact) mass is 341 g/mol. The van der Waals surface area contributed by atoms with Gasteiger partial charge in [0.2, 0.25) is 0 Å². The molecule has 0 aliphatic rings. The van der Waals surface area contributed by atoms with Crippen LogP contribution in [0.1, 0.15) is 68.8 Å². The van der Waals surface area contributed by atoms with Gasteiger partial charge in [-0.15, -0.1) is 0 Å². The van der Waals surface area contributed by atoms with E-state index in [0.29, 0.717) is 12.8 Å². The van der Waals surface area contributed by atoms with Gasteiger partial charge in [0.25, 0.3) is 6.43 Å². The van der Waals surface area contributed by atoms with Crippen LogP contribution in [0.15, 0.2) is 24.3 Å². The van der Waals surface area contributed by atoms with Gasteiger partial charge in [0.05, 0.1) is 0 Å². The molecule has 1 atom stereocenters. The molecule has 0 aromatic heterocycles. The van der Waals surface area contributed by atoms with Crippen LogP contribution < -0.4 is 5.32 Å². The number of Topliss-reactive ketones (excluding diaryl/α,β-unsaturated/α-hetero) is 1. The SMILES string of the molecule is CC(CCC(=O)c1ccccc1C(F)F)CCC(C)(C)NC(=O)O. The van der Waals surface area contributed by atoms with Crippen molar-refractivity contribution in [2.75, 3.05) is 0 Å². The van der Waals surface area contributed by atoms with Crippen LogP contribution in [0.2, 0.25) is 0 Å². The number of carbonyl (C=O) groups excluding carboxylic acids is 1. The fourth-order valence-corrected chi connectivity index (χ4v) is 2.56. The summed E-state index contributed by atoms with van der Waals surface area (Å²) in [7, 11) is 0. The Kier molecular flexibility index (Phi) is 7.32. The molecular formula is C18H25F2NO3. The van der Waals surface area contributed by atoms with Crippen molar-refractivity contribution in [1.29, 1.82) is 0 Å². The molecule has 4 nitrogen and oxygen atoms in total. The first-order chi connectivity index (χ1) is 11.1. The Labute approximate surface area is 141 Å². The van der Waals surface area contributed by atoms with Crippen molar-refractivity contribution in [2.45, 2.75) is 58.4 Å². The number of nitrogens with one attached hydrogen (secondary N) is 1. The van der Waals surface area contributed by atoms with Gasteiger partial charge < -0.3 is 10.4 Å². The molecular weight excluding hydrogens is 316 g/mol. The Morgan fingerprint density at radius 1 is 1.21 bits per heavy atom. The van der Waals surface area contributed by atoms with Gasteiger partial charge in [-0.1, -0.05) is 31.2 Å². The minimum atomic E-state index is -2.66. The van der Waals surface area contributed by atoms with E-state index in [4.69, 9.17) is 5.11 Å². The quantitative estimate of drug-likeness (QED) is 0.618. The lowest BCUT2D eigenvalue weighted by molar-refractivity contribution is 0.0959. The Morgan fingerprint density at radius 3 is 2.42 bits per heavy atom. The summed E-state index contributed by atoms with van der Waals surface area (Å²) >= 11 is 0. The fourth-order valence-electron chi connectivity index (χ4n) is 2.56. The predicted molar refractivity (Wildman–Crippen MR) is 88.6 cm³/mol. The van der Waals surface area contributed by atoms with Crippen molar-refractivity contribution >= 4 is 11.9 Å². The Bertz CT molecular complexity index is 573. The number of hydrogen-bond donors (Lipinski definition) is 2. The van der Waals surface area contributed by atoms with E-state index in [1.165, 1.54) is 18.2 Å². The number of hydrogen-bond acceptors (Lipinski definition) is 2. The second-order valence-electron chi connectivity index (χ2n) is 6.81. The summed E-state index contributed by atoms with van der Waals surface area (Å²) in [6, 6.07) is 5.80. The van der Waals surface area contributed by atoms with Gasteiger partial charge in [0.15, 0.2) is 5.78 Å². The molecule has 0 fully saturated rings. The van der Waals surface area contributed by atoms with E-state index in [-0.39, 0.29) is 29.2 Å². The molecule has 1 aromatic rings. The number of rotatable bonds is 9. The van der Waals surface area contributed by atoms with Gasteiger partial charge in [-0.3, -0.25) is 4.79 Å². The number of benzene rings is 1. The largest absolute Gasteiger partial charge is 0.465 e. The highest BCUT2D eigenvalue weighted by Crippen LogP contribution is 2.25. The number of alkyl halides is 2. The summed E-state index contributed by atoms with van der Waals surface area (Å²) < 4.78 is 25.9. The molecule has 1 amide bonds. The molecule has 6 heteroatoms. The van der Waals surface area contributed by atoms with E-state index in [2.05, 4.69) is 5.32 Å². The number of carboxylic acid groups (broad SMARTS) is 1. The fraction of sp³-hybridized carbons (Fsp3) is 0.556. The average molecular weight is 341 g/mol. The van der Waals surface area contributed by atoms with Crippen LogP contribution in [0, 0.1) is 5.92 Å². The highest BCUT2D eigenvalue weighted by atomic mass is 19.3. The summed E-state index contributed by atoms with van der Waals surface area (Å²) in [4.78, 5) is 22.9. The van der Waals surface area contributed by atoms with Crippen LogP contribution in [0.3, 0.4) is 0 Å². The standard InChI is InChI=1S/C18H25F2NO3/c1-12(10-11-18(2,3)21-17(23)24)8-9-15(22)13-6-4-5-7-14(13)16(19)20/h4-7,12,16,21H,8-11H2,1-3H3,(H,23,24). The van der Waals surface area contributed by atoms with Gasteiger partial charge in [0.1, 0.15) is 0 Å². The van der Waals surface area contributed by atoms with E-state index < -0.39 is 18.1 Å². The average Bonchev–Trinajstić information content (AvgIpc) is 2.49. The number of ketones is 1. The molecule has 1 unspecified atom stereocenters. The second-order valence-corrected chi connectivity index (χ2v) is 6.81. The van der Waals surface area contributed by atoms with Gasteiger partial charge in [-0.25, -0.2) is 13.6 Å². The minimum absolute atomic E-state index is 0.0903. The first kappa shape index (κ1) is 20.1. The van der Waals surface area contributed by atoms with E-state index in [1.54, 1.807) is 19.9 Å². The molecule has 24 heavy (non-hydrogen) atoms. The summed E-state index contributed by atoms with van der Waals surface area (Å²) in [5, 5.41) is 11.2. The number of halogens is 2. The Hall–Kier alpha value is -1.98. The van der Waals surface area contributed by atoms with Gasteiger partial charge >= 0.3 is 6.09 Å². The lowest BCUT2D eigenvalue weighted by Gasteiger charge is -2.26. The van der Waals surface area contributed by atoms with E-state index in [1.807, 2.05) is 6.92 Å². The lowest BCUT2D eigenvalue weighted by atomic mass is 9.89. The van der Waals surface area contributed by atoms with E-state index in [0.717, 1.165) is 6.42 Å². The smallest absolute Gasteiger partial charge is 0.405 e. The molecule has 1 rings (SSSR count). The van der Waals surface area contributed by atoms with Crippen LogP contribution in [-0.2, 0) is 0 Å². The predicted octanol–water partition coefficient (Wildman–Crippen LogP) is 5.05. The van der Waals surface area contributed by atoms with Gasteiger partial charge in [0, 0.05) is 23.1 Å². The third-order valence-electron chi connectivity index (χ3n) is 4.07. The van der Waals surface area contributed by atoms with Crippen LogP contribution in [-0.4, -0.2) is 22.5 Å². The van der Waals surface area contributed by atoms with E-state index in [9.17, 15) is 18.4 Å². The van der Waals surface area contributed by atoms with Crippen LogP contribution in [0.25, 0.3) is 0 Å². The summed E-state index contributed by atoms with van der Waals surface area (Å²) in [5.41, 5.74) is -0.665. The van der Waals surface area contributed by atoms with Gasteiger partial charge in [-0.2, -0.15) is 0 Å². The third kappa shape index (κ3) is 6.64. The molecule has 0 radical (unpaired) electrons. The van der Waals surface area contributed by atoms with Crippen molar-refractivity contribution in [3.05, 3.63) is 35.4 Å². The molecule has 134 valence electrons. The first-order valence-electron chi connectivity index (χ1n) is 8.04. The van der Waals surface area contributed by atoms with Crippen LogP contribution in [0.4, 0.5) is 13.6 Å². The molecule has 0 aliphatic carbocycles. The highest BCUT2D eigenvalue weighted by molar-refractivity contribution is 5.97. The minimum Gasteiger partial charge on any atom is -0.465 e. The molecule has 0 bridgehead atoms. The topological polar surface area (TPSA) is 66.4 Å². The normalized spacial score (nSPS) is 12.9. The molecule has 2 N–H and O–H groups in total. The number of amides is 1. The summed E-state index contributed by atoms with van der Waals surface area (Å²) in [6.45, 7) is 5.58. The van der Waals surface area contributed by atoms with E-state index >= 15 is 0 Å².